The molecule has 1 fully saturated rings. The van der Waals surface area contributed by atoms with Gasteiger partial charge in [-0.2, -0.15) is 0 Å². The number of hydrogen-bond acceptors (Lipinski definition) is 5. The molecule has 2 unspecified atom stereocenters. The number of benzene rings is 2. The molecular weight excluding hydrogens is 451 g/mol. The number of carboxylic acid groups (broad SMARTS) is 1. The summed E-state index contributed by atoms with van der Waals surface area (Å²) in [6, 6.07) is 10.0. The third-order valence-corrected chi connectivity index (χ3v) is 6.27. The number of fused-ring (bicyclic) bond motifs is 1. The Kier molecular flexibility index (Phi) is 6.20. The number of nitrogens with one attached hydrogen (secondary N) is 1. The smallest absolute Gasteiger partial charge is 0.478 e. The highest BCUT2D eigenvalue weighted by Crippen LogP contribution is 2.46. The van der Waals surface area contributed by atoms with E-state index in [-0.39, 0.29) is 29.4 Å². The molecule has 7 nitrogen and oxygen atoms in total. The first-order chi connectivity index (χ1) is 16.0. The fraction of sp³-hybridized carbons (Fsp3) is 0.417. The van der Waals surface area contributed by atoms with E-state index < -0.39 is 12.3 Å². The molecule has 1 aromatic heterocycles. The molecule has 3 N–H and O–H groups in total. The molecule has 10 heteroatoms. The van der Waals surface area contributed by atoms with Crippen LogP contribution in [0.5, 0.6) is 5.75 Å². The summed E-state index contributed by atoms with van der Waals surface area (Å²) in [6.07, 6.45) is -2.34. The van der Waals surface area contributed by atoms with Crippen LogP contribution in [0.15, 0.2) is 42.5 Å². The van der Waals surface area contributed by atoms with E-state index in [0.717, 1.165) is 18.4 Å². The number of imidazole rings is 1. The lowest BCUT2D eigenvalue weighted by molar-refractivity contribution is -0.274. The van der Waals surface area contributed by atoms with Gasteiger partial charge >= 0.3 is 12.3 Å². The van der Waals surface area contributed by atoms with Gasteiger partial charge in [0.1, 0.15) is 5.75 Å². The van der Waals surface area contributed by atoms with E-state index in [1.165, 1.54) is 36.4 Å². The van der Waals surface area contributed by atoms with Gasteiger partial charge in [0, 0.05) is 18.3 Å². The second-order valence-electron chi connectivity index (χ2n) is 9.38. The molecule has 0 bridgehead atoms. The first-order valence-corrected chi connectivity index (χ1v) is 11.0. The number of carboxylic acids is 1. The quantitative estimate of drug-likeness (QED) is 0.419. The van der Waals surface area contributed by atoms with E-state index in [9.17, 15) is 28.2 Å². The van der Waals surface area contributed by atoms with Crippen molar-refractivity contribution in [1.29, 1.82) is 0 Å². The highest BCUT2D eigenvalue weighted by molar-refractivity contribution is 5.93. The number of aromatic carboxylic acids is 1. The van der Waals surface area contributed by atoms with Crippen molar-refractivity contribution < 1.29 is 32.9 Å². The highest BCUT2D eigenvalue weighted by Gasteiger charge is 2.37. The van der Waals surface area contributed by atoms with E-state index in [2.05, 4.69) is 22.0 Å². The first kappa shape index (κ1) is 23.9. The van der Waals surface area contributed by atoms with Gasteiger partial charge in [0.2, 0.25) is 5.95 Å². The van der Waals surface area contributed by atoms with Crippen LogP contribution >= 0.6 is 0 Å². The predicted molar refractivity (Wildman–Crippen MR) is 120 cm³/mol. The molecule has 182 valence electrons. The van der Waals surface area contributed by atoms with Crippen molar-refractivity contribution in [3.63, 3.8) is 0 Å². The molecule has 1 heterocycles. The molecular formula is C24H26F3N3O4. The van der Waals surface area contributed by atoms with Crippen LogP contribution in [0.2, 0.25) is 0 Å². The van der Waals surface area contributed by atoms with Crippen LogP contribution in [0.4, 0.5) is 24.8 Å². The summed E-state index contributed by atoms with van der Waals surface area (Å²) in [7, 11) is 0. The summed E-state index contributed by atoms with van der Waals surface area (Å²) in [5, 5.41) is 22.5. The number of aliphatic hydroxyl groups excluding tert-OH is 1. The minimum absolute atomic E-state index is 0.0167. The lowest BCUT2D eigenvalue weighted by Gasteiger charge is -2.41. The molecule has 3 aromatic rings. The van der Waals surface area contributed by atoms with Crippen molar-refractivity contribution in [3.05, 3.63) is 48.0 Å². The normalized spacial score (nSPS) is 23.1. The van der Waals surface area contributed by atoms with Crippen LogP contribution in [0.25, 0.3) is 11.0 Å². The molecule has 0 spiro atoms. The zero-order valence-electron chi connectivity index (χ0n) is 18.8. The number of ether oxygens (including phenoxy) is 1. The molecule has 4 rings (SSSR count). The molecule has 0 radical (unpaired) electrons. The second kappa shape index (κ2) is 8.83. The molecule has 0 aliphatic heterocycles. The van der Waals surface area contributed by atoms with Crippen LogP contribution in [-0.2, 0) is 0 Å². The van der Waals surface area contributed by atoms with Gasteiger partial charge in [-0.05, 0) is 73.1 Å². The Hall–Kier alpha value is -3.27. The summed E-state index contributed by atoms with van der Waals surface area (Å²) in [5.74, 6) is -0.609. The van der Waals surface area contributed by atoms with Gasteiger partial charge in [-0.15, -0.1) is 13.2 Å². The van der Waals surface area contributed by atoms with Crippen LogP contribution in [0, 0.1) is 11.3 Å². The summed E-state index contributed by atoms with van der Waals surface area (Å²) in [4.78, 5) is 16.1. The number of rotatable bonds is 6. The van der Waals surface area contributed by atoms with E-state index >= 15 is 0 Å². The van der Waals surface area contributed by atoms with Crippen LogP contribution in [0.3, 0.4) is 0 Å². The number of nitrogens with zero attached hydrogens (tertiary/aromatic N) is 2. The molecule has 2 aromatic carbocycles. The Morgan fingerprint density at radius 3 is 2.56 bits per heavy atom. The summed E-state index contributed by atoms with van der Waals surface area (Å²) in [6.45, 7) is 4.23. The number of halogens is 3. The number of carbonyl (C=O) groups is 1. The lowest BCUT2D eigenvalue weighted by atomic mass is 9.69. The Balaban J connectivity index is 1.74. The zero-order valence-corrected chi connectivity index (χ0v) is 18.8. The van der Waals surface area contributed by atoms with Gasteiger partial charge in [0.25, 0.3) is 0 Å². The standard InChI is InChI=1S/C24H26F3N3O4/c1-14-9-17(12-23(2,11-14)13-31)30-20-8-3-15(21(32)33)10-19(20)29-22(30)28-16-4-6-18(7-5-16)34-24(25,26)27/h3-8,10,14,17,31H,9,11-13H2,1-2H3,(H,28,29)(H,32,33)/t14-,17?,23?/m0/s1. The number of hydrogen-bond donors (Lipinski definition) is 3. The molecule has 3 atom stereocenters. The fourth-order valence-electron chi connectivity index (χ4n) is 5.01. The van der Waals surface area contributed by atoms with Crippen molar-refractivity contribution in [2.45, 2.75) is 45.5 Å². The van der Waals surface area contributed by atoms with Gasteiger partial charge < -0.3 is 24.8 Å². The van der Waals surface area contributed by atoms with Crippen LogP contribution in [0.1, 0.15) is 49.5 Å². The average Bonchev–Trinajstić information content (AvgIpc) is 3.10. The average molecular weight is 477 g/mol. The van der Waals surface area contributed by atoms with Crippen molar-refractivity contribution in [3.8, 4) is 5.75 Å². The number of aliphatic hydroxyl groups is 1. The zero-order chi connectivity index (χ0) is 24.7. The maximum atomic E-state index is 12.5. The number of alkyl halides is 3. The molecule has 34 heavy (non-hydrogen) atoms. The van der Waals surface area contributed by atoms with Gasteiger partial charge in [0.05, 0.1) is 16.6 Å². The fourth-order valence-corrected chi connectivity index (χ4v) is 5.01. The maximum absolute atomic E-state index is 12.5. The third kappa shape index (κ3) is 5.11. The van der Waals surface area contributed by atoms with Gasteiger partial charge in [-0.25, -0.2) is 9.78 Å². The highest BCUT2D eigenvalue weighted by atomic mass is 19.4. The van der Waals surface area contributed by atoms with E-state index in [1.807, 2.05) is 11.5 Å². The molecule has 0 saturated heterocycles. The topological polar surface area (TPSA) is 96.6 Å². The summed E-state index contributed by atoms with van der Waals surface area (Å²) in [5.41, 5.74) is 1.56. The molecule has 0 amide bonds. The van der Waals surface area contributed by atoms with E-state index in [1.54, 1.807) is 6.07 Å². The largest absolute Gasteiger partial charge is 0.573 e. The molecule has 1 saturated carbocycles. The summed E-state index contributed by atoms with van der Waals surface area (Å²) < 4.78 is 43.3. The first-order valence-electron chi connectivity index (χ1n) is 11.0. The molecule has 1 aliphatic carbocycles. The van der Waals surface area contributed by atoms with E-state index in [0.29, 0.717) is 29.5 Å². The maximum Gasteiger partial charge on any atom is 0.573 e. The Morgan fingerprint density at radius 1 is 1.24 bits per heavy atom. The Labute approximate surface area is 194 Å². The van der Waals surface area contributed by atoms with Crippen molar-refractivity contribution in [2.24, 2.45) is 11.3 Å². The Bertz CT molecular complexity index is 1190. The van der Waals surface area contributed by atoms with Crippen LogP contribution in [-0.4, -0.2) is 38.7 Å². The monoisotopic (exact) mass is 477 g/mol. The summed E-state index contributed by atoms with van der Waals surface area (Å²) >= 11 is 0. The Morgan fingerprint density at radius 2 is 1.94 bits per heavy atom. The second-order valence-corrected chi connectivity index (χ2v) is 9.38. The number of aromatic nitrogens is 2. The molecule has 1 aliphatic rings. The SMILES string of the molecule is C[C@H]1CC(n2c(Nc3ccc(OC(F)(F)F)cc3)nc3cc(C(=O)O)ccc32)CC(C)(CO)C1. The van der Waals surface area contributed by atoms with Gasteiger partial charge in [-0.1, -0.05) is 13.8 Å². The van der Waals surface area contributed by atoms with Gasteiger partial charge in [0.15, 0.2) is 0 Å². The predicted octanol–water partition coefficient (Wildman–Crippen LogP) is 5.74. The number of anilines is 2. The van der Waals surface area contributed by atoms with Crippen LogP contribution < -0.4 is 10.1 Å². The van der Waals surface area contributed by atoms with Crippen molar-refractivity contribution in [1.82, 2.24) is 9.55 Å². The van der Waals surface area contributed by atoms with E-state index in [4.69, 9.17) is 0 Å². The van der Waals surface area contributed by atoms with Crippen molar-refractivity contribution in [2.75, 3.05) is 11.9 Å². The third-order valence-electron chi connectivity index (χ3n) is 6.27. The minimum atomic E-state index is -4.78. The van der Waals surface area contributed by atoms with Crippen molar-refractivity contribution >= 4 is 28.6 Å². The minimum Gasteiger partial charge on any atom is -0.478 e. The lowest BCUT2D eigenvalue weighted by Crippen LogP contribution is -2.34. The van der Waals surface area contributed by atoms with Gasteiger partial charge in [-0.3, -0.25) is 0 Å².